The second kappa shape index (κ2) is 5.71. The number of phenolic OH excluding ortho intramolecular Hbond substituents is 2. The molecule has 108 valence electrons. The van der Waals surface area contributed by atoms with Gasteiger partial charge in [0.2, 0.25) is 0 Å². The molecule has 0 amide bonds. The van der Waals surface area contributed by atoms with Crippen LogP contribution in [0.5, 0.6) is 11.5 Å². The summed E-state index contributed by atoms with van der Waals surface area (Å²) in [4.78, 5) is 4.66. The van der Waals surface area contributed by atoms with E-state index in [-0.39, 0.29) is 17.5 Å². The molecule has 0 spiro atoms. The molecule has 3 N–H and O–H groups in total. The zero-order valence-electron chi connectivity index (χ0n) is 11.6. The van der Waals surface area contributed by atoms with Crippen LogP contribution >= 0.6 is 11.3 Å². The molecule has 1 aromatic heterocycles. The first kappa shape index (κ1) is 13.9. The maximum absolute atomic E-state index is 9.59. The van der Waals surface area contributed by atoms with E-state index >= 15 is 0 Å². The van der Waals surface area contributed by atoms with Crippen LogP contribution in [0.25, 0.3) is 10.2 Å². The predicted molar refractivity (Wildman–Crippen MR) is 84.9 cm³/mol. The molecule has 0 saturated heterocycles. The Morgan fingerprint density at radius 3 is 2.67 bits per heavy atom. The van der Waals surface area contributed by atoms with E-state index in [1.54, 1.807) is 17.4 Å². The van der Waals surface area contributed by atoms with Gasteiger partial charge < -0.3 is 15.5 Å². The second-order valence-electron chi connectivity index (χ2n) is 4.89. The van der Waals surface area contributed by atoms with E-state index in [4.69, 9.17) is 0 Å². The Bertz CT molecular complexity index is 737. The standard InChI is InChI=1S/C16H16N2O2S/c1-17-12(8-10-6-7-13(19)14(20)9-10)16-18-11-4-2-3-5-15(11)21-16/h2-7,9,12,17,19-20H,8H2,1H3. The summed E-state index contributed by atoms with van der Waals surface area (Å²) >= 11 is 1.67. The number of hydrogen-bond acceptors (Lipinski definition) is 5. The molecule has 0 saturated carbocycles. The van der Waals surface area contributed by atoms with Gasteiger partial charge in [0, 0.05) is 0 Å². The summed E-state index contributed by atoms with van der Waals surface area (Å²) in [5.74, 6) is -0.189. The minimum atomic E-state index is -0.0975. The fourth-order valence-corrected chi connectivity index (χ4v) is 3.36. The zero-order valence-corrected chi connectivity index (χ0v) is 12.4. The number of nitrogens with one attached hydrogen (secondary N) is 1. The number of hydrogen-bond donors (Lipinski definition) is 3. The van der Waals surface area contributed by atoms with Crippen molar-refractivity contribution in [2.75, 3.05) is 7.05 Å². The lowest BCUT2D eigenvalue weighted by molar-refractivity contribution is 0.402. The van der Waals surface area contributed by atoms with Crippen LogP contribution in [-0.4, -0.2) is 22.2 Å². The molecule has 1 unspecified atom stereocenters. The number of para-hydroxylation sites is 1. The molecule has 0 aliphatic carbocycles. The van der Waals surface area contributed by atoms with Gasteiger partial charge in [-0.15, -0.1) is 11.3 Å². The SMILES string of the molecule is CNC(Cc1ccc(O)c(O)c1)c1nc2ccccc2s1. The van der Waals surface area contributed by atoms with Crippen LogP contribution in [0.15, 0.2) is 42.5 Å². The molecule has 0 radical (unpaired) electrons. The Hall–Kier alpha value is -2.11. The Morgan fingerprint density at radius 1 is 1.14 bits per heavy atom. The van der Waals surface area contributed by atoms with Gasteiger partial charge in [-0.05, 0) is 43.3 Å². The van der Waals surface area contributed by atoms with E-state index in [1.165, 1.54) is 10.8 Å². The monoisotopic (exact) mass is 300 g/mol. The average molecular weight is 300 g/mol. The molecule has 0 aliphatic rings. The van der Waals surface area contributed by atoms with Crippen molar-refractivity contribution in [1.82, 2.24) is 10.3 Å². The van der Waals surface area contributed by atoms with E-state index in [9.17, 15) is 10.2 Å². The molecular formula is C16H16N2O2S. The minimum absolute atomic E-state index is 0.0753. The maximum atomic E-state index is 9.59. The smallest absolute Gasteiger partial charge is 0.157 e. The number of likely N-dealkylation sites (N-methyl/N-ethyl adjacent to an activating group) is 1. The highest BCUT2D eigenvalue weighted by molar-refractivity contribution is 7.18. The molecule has 3 rings (SSSR count). The van der Waals surface area contributed by atoms with Gasteiger partial charge in [-0.2, -0.15) is 0 Å². The lowest BCUT2D eigenvalue weighted by Gasteiger charge is -2.13. The number of thiazole rings is 1. The van der Waals surface area contributed by atoms with Gasteiger partial charge in [-0.25, -0.2) is 4.98 Å². The first-order chi connectivity index (χ1) is 10.2. The molecule has 3 aromatic rings. The lowest BCUT2D eigenvalue weighted by atomic mass is 10.1. The molecule has 1 heterocycles. The van der Waals surface area contributed by atoms with Crippen LogP contribution in [0.3, 0.4) is 0 Å². The third-order valence-electron chi connectivity index (χ3n) is 3.44. The zero-order chi connectivity index (χ0) is 14.8. The Labute approximate surface area is 126 Å². The van der Waals surface area contributed by atoms with Crippen molar-refractivity contribution >= 4 is 21.6 Å². The van der Waals surface area contributed by atoms with Crippen molar-refractivity contribution in [2.24, 2.45) is 0 Å². The molecule has 0 aliphatic heterocycles. The van der Waals surface area contributed by atoms with Crippen LogP contribution in [0.4, 0.5) is 0 Å². The van der Waals surface area contributed by atoms with Crippen molar-refractivity contribution in [1.29, 1.82) is 0 Å². The van der Waals surface area contributed by atoms with E-state index in [0.29, 0.717) is 6.42 Å². The normalized spacial score (nSPS) is 12.6. The molecule has 2 aromatic carbocycles. The minimum Gasteiger partial charge on any atom is -0.504 e. The Kier molecular flexibility index (Phi) is 3.77. The van der Waals surface area contributed by atoms with E-state index < -0.39 is 0 Å². The maximum Gasteiger partial charge on any atom is 0.157 e. The number of aromatic hydroxyl groups is 2. The van der Waals surface area contributed by atoms with Gasteiger partial charge in [0.1, 0.15) is 5.01 Å². The van der Waals surface area contributed by atoms with Crippen molar-refractivity contribution in [3.05, 3.63) is 53.0 Å². The van der Waals surface area contributed by atoms with Gasteiger partial charge in [0.25, 0.3) is 0 Å². The summed E-state index contributed by atoms with van der Waals surface area (Å²) in [6.45, 7) is 0. The fourth-order valence-electron chi connectivity index (χ4n) is 2.28. The summed E-state index contributed by atoms with van der Waals surface area (Å²) < 4.78 is 1.17. The van der Waals surface area contributed by atoms with Gasteiger partial charge >= 0.3 is 0 Å². The number of benzene rings is 2. The fraction of sp³-hybridized carbons (Fsp3) is 0.188. The van der Waals surface area contributed by atoms with Gasteiger partial charge in [0.15, 0.2) is 11.5 Å². The highest BCUT2D eigenvalue weighted by Gasteiger charge is 2.15. The van der Waals surface area contributed by atoms with E-state index in [2.05, 4.69) is 16.4 Å². The van der Waals surface area contributed by atoms with Crippen molar-refractivity contribution in [3.63, 3.8) is 0 Å². The van der Waals surface area contributed by atoms with Crippen LogP contribution in [0.1, 0.15) is 16.6 Å². The van der Waals surface area contributed by atoms with Crippen molar-refractivity contribution in [2.45, 2.75) is 12.5 Å². The quantitative estimate of drug-likeness (QED) is 0.647. The van der Waals surface area contributed by atoms with Crippen LogP contribution in [0.2, 0.25) is 0 Å². The van der Waals surface area contributed by atoms with E-state index in [0.717, 1.165) is 16.1 Å². The van der Waals surface area contributed by atoms with Gasteiger partial charge in [-0.3, -0.25) is 0 Å². The van der Waals surface area contributed by atoms with E-state index in [1.807, 2.05) is 31.3 Å². The van der Waals surface area contributed by atoms with Crippen molar-refractivity contribution in [3.8, 4) is 11.5 Å². The molecule has 21 heavy (non-hydrogen) atoms. The number of phenols is 2. The molecule has 0 bridgehead atoms. The van der Waals surface area contributed by atoms with Crippen LogP contribution < -0.4 is 5.32 Å². The summed E-state index contributed by atoms with van der Waals surface area (Å²) in [6, 6.07) is 13.1. The second-order valence-corrected chi connectivity index (χ2v) is 5.95. The third kappa shape index (κ3) is 2.84. The summed E-state index contributed by atoms with van der Waals surface area (Å²) in [7, 11) is 1.90. The Morgan fingerprint density at radius 2 is 1.95 bits per heavy atom. The first-order valence-corrected chi connectivity index (χ1v) is 7.52. The first-order valence-electron chi connectivity index (χ1n) is 6.71. The van der Waals surface area contributed by atoms with Crippen LogP contribution in [0, 0.1) is 0 Å². The third-order valence-corrected chi connectivity index (χ3v) is 4.59. The molecule has 0 fully saturated rings. The summed E-state index contributed by atoms with van der Waals surface area (Å²) in [5, 5.41) is 23.2. The van der Waals surface area contributed by atoms with Gasteiger partial charge in [0.05, 0.1) is 16.3 Å². The molecule has 4 nitrogen and oxygen atoms in total. The summed E-state index contributed by atoms with van der Waals surface area (Å²) in [5.41, 5.74) is 1.95. The van der Waals surface area contributed by atoms with Crippen molar-refractivity contribution < 1.29 is 10.2 Å². The highest BCUT2D eigenvalue weighted by atomic mass is 32.1. The molecular weight excluding hydrogens is 284 g/mol. The highest BCUT2D eigenvalue weighted by Crippen LogP contribution is 2.30. The topological polar surface area (TPSA) is 65.4 Å². The predicted octanol–water partition coefficient (Wildman–Crippen LogP) is 3.21. The lowest BCUT2D eigenvalue weighted by Crippen LogP contribution is -2.18. The molecule has 5 heteroatoms. The Balaban J connectivity index is 1.88. The largest absolute Gasteiger partial charge is 0.504 e. The number of nitrogens with zero attached hydrogens (tertiary/aromatic N) is 1. The number of aromatic nitrogens is 1. The van der Waals surface area contributed by atoms with Gasteiger partial charge in [-0.1, -0.05) is 18.2 Å². The number of rotatable bonds is 4. The summed E-state index contributed by atoms with van der Waals surface area (Å²) in [6.07, 6.45) is 0.699. The number of fused-ring (bicyclic) bond motifs is 1. The molecule has 1 atom stereocenters. The average Bonchev–Trinajstić information content (AvgIpc) is 2.92. The van der Waals surface area contributed by atoms with Crippen LogP contribution in [-0.2, 0) is 6.42 Å².